The second kappa shape index (κ2) is 23.5. The minimum Gasteiger partial charge on any atom is -0.444 e. The summed E-state index contributed by atoms with van der Waals surface area (Å²) in [5.41, 5.74) is 8.49. The number of carbonyl (C=O) groups excluding carboxylic acids is 8. The summed E-state index contributed by atoms with van der Waals surface area (Å²) in [4.78, 5) is 124. The molecule has 5 atom stereocenters. The number of nitrogens with one attached hydrogen (secondary N) is 4. The fraction of sp³-hybridized carbons (Fsp3) is 0.518. The van der Waals surface area contributed by atoms with Gasteiger partial charge in [0.05, 0.1) is 23.6 Å². The van der Waals surface area contributed by atoms with Gasteiger partial charge in [0.1, 0.15) is 29.8 Å². The Kier molecular flexibility index (Phi) is 16.9. The number of rotatable bonds is 16. The lowest BCUT2D eigenvalue weighted by Crippen LogP contribution is -2.62. The zero-order chi connectivity index (χ0) is 53.6. The molecule has 8 amide bonds. The van der Waals surface area contributed by atoms with Crippen molar-refractivity contribution in [2.24, 2.45) is 18.7 Å². The summed E-state index contributed by atoms with van der Waals surface area (Å²) in [6.45, 7) is 5.26. The fourth-order valence-electron chi connectivity index (χ4n) is 11.5. The first-order chi connectivity index (χ1) is 35.8. The Morgan fingerprint density at radius 2 is 1.48 bits per heavy atom. The van der Waals surface area contributed by atoms with Gasteiger partial charge in [0, 0.05) is 38.9 Å². The molecule has 19 nitrogen and oxygen atoms in total. The summed E-state index contributed by atoms with van der Waals surface area (Å²) in [7, 11) is 1.70. The van der Waals surface area contributed by atoms with Crippen molar-refractivity contribution in [1.82, 2.24) is 40.2 Å². The number of primary amides is 1. The lowest BCUT2D eigenvalue weighted by Gasteiger charge is -2.39. The number of hydrogen-bond acceptors (Lipinski definition) is 10. The number of fused-ring (bicyclic) bond motifs is 2. The standard InChI is InChI=1S/C56H71N9O10/c1-56(2,3)75-54(73)59-41-33-63(48(68)17-11-12-34-18-20-35(21-19-34)38-22-25-42-45(32-38)62(4)55(74)65(42)44-27-29-47(67)60-52(44)71)31-30-39-23-26-43(64(39)53(41)72)51(70)58-40(24-28-46(57)66)50(69)61-49(36-13-7-5-8-14-36)37-15-9-6-10-16-37/h5-10,13-16,22,25,32,34-35,39-41,43-44,49H,11-12,17-21,23-24,26-31,33H2,1-4H3,(H2,57,66)(H,58,70)(H,59,73)(H,61,69)(H,60,67,71)/t34?,35?,39-,40+,41+,43+,44?/m1/s1. The summed E-state index contributed by atoms with van der Waals surface area (Å²) >= 11 is 0. The summed E-state index contributed by atoms with van der Waals surface area (Å²) in [5.74, 6) is -2.54. The van der Waals surface area contributed by atoms with Crippen LogP contribution in [0.3, 0.4) is 0 Å². The average molecular weight is 1030 g/mol. The van der Waals surface area contributed by atoms with E-state index in [0.29, 0.717) is 30.7 Å². The Bertz CT molecular complexity index is 2790. The summed E-state index contributed by atoms with van der Waals surface area (Å²) < 4.78 is 8.62. The molecule has 4 heterocycles. The van der Waals surface area contributed by atoms with Crippen molar-refractivity contribution in [3.8, 4) is 0 Å². The molecule has 1 unspecified atom stereocenters. The maximum Gasteiger partial charge on any atom is 0.408 e. The van der Waals surface area contributed by atoms with Crippen LogP contribution in [-0.4, -0.2) is 109 Å². The van der Waals surface area contributed by atoms with E-state index in [-0.39, 0.29) is 75.0 Å². The molecule has 1 aliphatic carbocycles. The summed E-state index contributed by atoms with van der Waals surface area (Å²) in [5, 5.41) is 11.0. The zero-order valence-electron chi connectivity index (χ0n) is 43.4. The van der Waals surface area contributed by atoms with E-state index in [1.54, 1.807) is 37.3 Å². The van der Waals surface area contributed by atoms with Crippen LogP contribution in [0.1, 0.15) is 145 Å². The molecule has 1 saturated carbocycles. The van der Waals surface area contributed by atoms with E-state index in [9.17, 15) is 43.2 Å². The van der Waals surface area contributed by atoms with Crippen LogP contribution < -0.4 is 32.7 Å². The number of ether oxygens (including phenoxy) is 1. The molecule has 4 aliphatic rings. The number of alkyl carbamates (subject to hydrolysis) is 1. The van der Waals surface area contributed by atoms with E-state index >= 15 is 0 Å². The first-order valence-electron chi connectivity index (χ1n) is 26.5. The number of nitrogens with zero attached hydrogens (tertiary/aromatic N) is 4. The van der Waals surface area contributed by atoms with Crippen LogP contribution in [0.4, 0.5) is 4.79 Å². The van der Waals surface area contributed by atoms with Crippen LogP contribution in [0.25, 0.3) is 11.0 Å². The smallest absolute Gasteiger partial charge is 0.408 e. The van der Waals surface area contributed by atoms with Gasteiger partial charge in [0.2, 0.25) is 41.4 Å². The first-order valence-corrected chi connectivity index (χ1v) is 26.5. The van der Waals surface area contributed by atoms with Crippen molar-refractivity contribution in [3.05, 3.63) is 106 Å². The Labute approximate surface area is 436 Å². The number of amides is 8. The van der Waals surface area contributed by atoms with Gasteiger partial charge in [0.15, 0.2) is 0 Å². The SMILES string of the molecule is Cn1c(=O)n(C2CCC(=O)NC2=O)c2ccc(C3CCC(CCCC(=O)N4CC[C@H]5CC[C@@H](C(=O)N[C@@H](CCC(N)=O)C(=O)NC(c6ccccc6)c6ccccc6)N5C(=O)[C@@H](NC(=O)OC(C)(C)C)C4)CC3)cc21. The van der Waals surface area contributed by atoms with Gasteiger partial charge in [-0.25, -0.2) is 9.59 Å². The van der Waals surface area contributed by atoms with Crippen LogP contribution in [0.5, 0.6) is 0 Å². The number of aromatic nitrogens is 2. The lowest BCUT2D eigenvalue weighted by molar-refractivity contribution is -0.146. The summed E-state index contributed by atoms with van der Waals surface area (Å²) in [6, 6.07) is 19.5. The van der Waals surface area contributed by atoms with Crippen molar-refractivity contribution < 1.29 is 43.1 Å². The highest BCUT2D eigenvalue weighted by Crippen LogP contribution is 2.39. The summed E-state index contributed by atoms with van der Waals surface area (Å²) in [6.07, 6.45) is 6.02. The van der Waals surface area contributed by atoms with Gasteiger partial charge < -0.3 is 36.2 Å². The molecule has 19 heteroatoms. The van der Waals surface area contributed by atoms with Gasteiger partial charge in [-0.3, -0.25) is 48.0 Å². The van der Waals surface area contributed by atoms with Crippen LogP contribution >= 0.6 is 0 Å². The van der Waals surface area contributed by atoms with Crippen LogP contribution in [-0.2, 0) is 45.3 Å². The quantitative estimate of drug-likeness (QED) is 0.0949. The van der Waals surface area contributed by atoms with Crippen molar-refractivity contribution >= 4 is 58.5 Å². The predicted octanol–water partition coefficient (Wildman–Crippen LogP) is 4.90. The van der Waals surface area contributed by atoms with Gasteiger partial charge in [-0.05, 0) is 132 Å². The molecule has 0 bridgehead atoms. The van der Waals surface area contributed by atoms with Crippen molar-refractivity contribution in [2.45, 2.75) is 158 Å². The van der Waals surface area contributed by atoms with Gasteiger partial charge in [-0.1, -0.05) is 66.7 Å². The molecule has 4 aromatic rings. The second-order valence-corrected chi connectivity index (χ2v) is 21.7. The highest BCUT2D eigenvalue weighted by molar-refractivity contribution is 6.00. The lowest BCUT2D eigenvalue weighted by atomic mass is 9.77. The fourth-order valence-corrected chi connectivity index (χ4v) is 11.5. The topological polar surface area (TPSA) is 253 Å². The molecule has 75 heavy (non-hydrogen) atoms. The number of hydrogen-bond donors (Lipinski definition) is 5. The highest BCUT2D eigenvalue weighted by atomic mass is 16.6. The average Bonchev–Trinajstić information content (AvgIpc) is 3.91. The molecule has 6 N–H and O–H groups in total. The van der Waals surface area contributed by atoms with Gasteiger partial charge in [-0.15, -0.1) is 0 Å². The number of nitrogens with two attached hydrogens (primary N) is 1. The zero-order valence-corrected chi connectivity index (χ0v) is 43.4. The third-order valence-corrected chi connectivity index (χ3v) is 15.4. The number of imidazole rings is 1. The van der Waals surface area contributed by atoms with E-state index < -0.39 is 77.5 Å². The monoisotopic (exact) mass is 1030 g/mol. The maximum atomic E-state index is 14.7. The minimum absolute atomic E-state index is 0.0816. The van der Waals surface area contributed by atoms with Crippen LogP contribution in [0.2, 0.25) is 0 Å². The molecular weight excluding hydrogens is 959 g/mol. The molecule has 4 fully saturated rings. The number of carbonyl (C=O) groups is 8. The third-order valence-electron chi connectivity index (χ3n) is 15.4. The Balaban J connectivity index is 0.893. The van der Waals surface area contributed by atoms with Crippen LogP contribution in [0, 0.1) is 5.92 Å². The maximum absolute atomic E-state index is 14.7. The normalized spacial score (nSPS) is 22.7. The van der Waals surface area contributed by atoms with Gasteiger partial charge >= 0.3 is 11.8 Å². The number of aryl methyl sites for hydroxylation is 1. The second-order valence-electron chi connectivity index (χ2n) is 21.7. The molecule has 1 aromatic heterocycles. The first kappa shape index (κ1) is 54.0. The highest BCUT2D eigenvalue weighted by Gasteiger charge is 2.46. The number of imide groups is 1. The van der Waals surface area contributed by atoms with Crippen molar-refractivity contribution in [1.29, 1.82) is 0 Å². The van der Waals surface area contributed by atoms with Gasteiger partial charge in [0.25, 0.3) is 0 Å². The molecule has 3 aromatic carbocycles. The van der Waals surface area contributed by atoms with Crippen molar-refractivity contribution in [3.63, 3.8) is 0 Å². The molecule has 0 spiro atoms. The van der Waals surface area contributed by atoms with Crippen LogP contribution in [0.15, 0.2) is 83.7 Å². The van der Waals surface area contributed by atoms with E-state index in [0.717, 1.165) is 54.3 Å². The molecule has 8 rings (SSSR count). The van der Waals surface area contributed by atoms with Gasteiger partial charge in [-0.2, -0.15) is 0 Å². The molecule has 3 aliphatic heterocycles. The molecule has 0 radical (unpaired) electrons. The largest absolute Gasteiger partial charge is 0.444 e. The number of benzene rings is 3. The Morgan fingerprint density at radius 3 is 2.12 bits per heavy atom. The molecular formula is C56H71N9O10. The third kappa shape index (κ3) is 13.0. The Morgan fingerprint density at radius 1 is 0.800 bits per heavy atom. The Hall–Kier alpha value is -7.31. The predicted molar refractivity (Wildman–Crippen MR) is 278 cm³/mol. The van der Waals surface area contributed by atoms with Crippen molar-refractivity contribution in [2.75, 3.05) is 13.1 Å². The van der Waals surface area contributed by atoms with E-state index in [1.165, 1.54) is 9.47 Å². The van der Waals surface area contributed by atoms with E-state index in [1.807, 2.05) is 78.9 Å². The van der Waals surface area contributed by atoms with E-state index in [2.05, 4.69) is 21.3 Å². The van der Waals surface area contributed by atoms with E-state index in [4.69, 9.17) is 10.5 Å². The number of piperidine rings is 1. The molecule has 3 saturated heterocycles. The molecule has 400 valence electrons. The minimum atomic E-state index is -1.24.